The summed E-state index contributed by atoms with van der Waals surface area (Å²) in [5.74, 6) is -0.945. The molecule has 170 valence electrons. The SMILES string of the molecule is COc1cc(C(=O)O)c2nc3c(CNCCn4cccc4)c(O)cc(C)c3c(=O)nc2c1C. The lowest BCUT2D eigenvalue weighted by atomic mass is 10.0. The Balaban J connectivity index is 1.93. The van der Waals surface area contributed by atoms with Crippen LogP contribution in [0.5, 0.6) is 11.5 Å². The maximum Gasteiger partial charge on any atom is 0.338 e. The van der Waals surface area contributed by atoms with Crippen molar-refractivity contribution in [2.75, 3.05) is 13.7 Å². The fourth-order valence-electron chi connectivity index (χ4n) is 3.96. The van der Waals surface area contributed by atoms with Gasteiger partial charge in [-0.05, 0) is 43.7 Å². The number of carboxylic acid groups (broad SMARTS) is 1. The fourth-order valence-corrected chi connectivity index (χ4v) is 3.96. The smallest absolute Gasteiger partial charge is 0.338 e. The van der Waals surface area contributed by atoms with Gasteiger partial charge in [-0.15, -0.1) is 0 Å². The van der Waals surface area contributed by atoms with Gasteiger partial charge < -0.3 is 24.8 Å². The molecular weight excluding hydrogens is 424 g/mol. The molecule has 9 nitrogen and oxygen atoms in total. The zero-order valence-electron chi connectivity index (χ0n) is 18.5. The number of aromatic hydroxyl groups is 1. The Labute approximate surface area is 189 Å². The van der Waals surface area contributed by atoms with Crippen molar-refractivity contribution in [2.24, 2.45) is 0 Å². The molecule has 0 bridgehead atoms. The molecule has 4 aromatic rings. The predicted octanol–water partition coefficient (Wildman–Crippen LogP) is 2.76. The number of fused-ring (bicyclic) bond motifs is 2. The van der Waals surface area contributed by atoms with Gasteiger partial charge in [0.25, 0.3) is 5.56 Å². The summed E-state index contributed by atoms with van der Waals surface area (Å²) in [6.07, 6.45) is 3.90. The molecule has 0 unspecified atom stereocenters. The van der Waals surface area contributed by atoms with E-state index in [0.29, 0.717) is 29.0 Å². The lowest BCUT2D eigenvalue weighted by Gasteiger charge is -2.11. The summed E-state index contributed by atoms with van der Waals surface area (Å²) in [6, 6.07) is 6.75. The molecule has 2 aromatic heterocycles. The van der Waals surface area contributed by atoms with Crippen LogP contribution in [0.15, 0.2) is 41.5 Å². The van der Waals surface area contributed by atoms with E-state index >= 15 is 0 Å². The number of rotatable bonds is 7. The molecule has 3 N–H and O–H groups in total. The van der Waals surface area contributed by atoms with Crippen molar-refractivity contribution in [2.45, 2.75) is 26.9 Å². The molecule has 0 radical (unpaired) electrons. The number of hydrogen-bond acceptors (Lipinski definition) is 7. The first-order chi connectivity index (χ1) is 15.8. The average molecular weight is 448 g/mol. The van der Waals surface area contributed by atoms with E-state index in [9.17, 15) is 19.8 Å². The Morgan fingerprint density at radius 3 is 2.52 bits per heavy atom. The number of benzene rings is 2. The molecule has 0 saturated heterocycles. The third-order valence-corrected chi connectivity index (χ3v) is 5.67. The zero-order valence-corrected chi connectivity index (χ0v) is 18.5. The number of phenols is 1. The summed E-state index contributed by atoms with van der Waals surface area (Å²) < 4.78 is 7.30. The summed E-state index contributed by atoms with van der Waals surface area (Å²) >= 11 is 0. The second-order valence-electron chi connectivity index (χ2n) is 7.79. The number of phenolic OH excluding ortho intramolecular Hbond substituents is 1. The maximum atomic E-state index is 13.2. The zero-order chi connectivity index (χ0) is 23.7. The van der Waals surface area contributed by atoms with E-state index in [1.165, 1.54) is 19.2 Å². The van der Waals surface area contributed by atoms with Crippen molar-refractivity contribution in [1.82, 2.24) is 19.9 Å². The Bertz CT molecular complexity index is 1430. The quantitative estimate of drug-likeness (QED) is 0.369. The van der Waals surface area contributed by atoms with Crippen LogP contribution in [0.3, 0.4) is 0 Å². The third-order valence-electron chi connectivity index (χ3n) is 5.67. The predicted molar refractivity (Wildman–Crippen MR) is 124 cm³/mol. The molecule has 0 aliphatic heterocycles. The standard InChI is InChI=1S/C24H24N4O5/c1-13-10-17(29)16(12-25-6-9-28-7-4-5-8-28)21-19(13)23(30)27-20-14(2)18(33-3)11-15(24(31)32)22(20)26-21/h4-5,7-8,10-11,25,29H,6,9,12H2,1-3H3,(H,31,32). The number of carbonyl (C=O) groups is 1. The van der Waals surface area contributed by atoms with Gasteiger partial charge in [-0.3, -0.25) is 4.79 Å². The second kappa shape index (κ2) is 8.87. The number of nitrogens with zero attached hydrogens (tertiary/aromatic N) is 3. The highest BCUT2D eigenvalue weighted by molar-refractivity contribution is 6.04. The van der Waals surface area contributed by atoms with Gasteiger partial charge in [0.05, 0.1) is 23.6 Å². The second-order valence-corrected chi connectivity index (χ2v) is 7.79. The summed E-state index contributed by atoms with van der Waals surface area (Å²) in [4.78, 5) is 34.0. The number of ether oxygens (including phenoxy) is 1. The van der Waals surface area contributed by atoms with Crippen molar-refractivity contribution < 1.29 is 19.7 Å². The monoisotopic (exact) mass is 448 g/mol. The van der Waals surface area contributed by atoms with Crippen molar-refractivity contribution in [3.63, 3.8) is 0 Å². The molecule has 0 aliphatic carbocycles. The van der Waals surface area contributed by atoms with Crippen LogP contribution >= 0.6 is 0 Å². The van der Waals surface area contributed by atoms with E-state index in [-0.39, 0.29) is 39.8 Å². The van der Waals surface area contributed by atoms with Crippen molar-refractivity contribution in [3.05, 3.63) is 69.3 Å². The fraction of sp³-hybridized carbons (Fsp3) is 0.250. The number of hydrogen-bond donors (Lipinski definition) is 3. The van der Waals surface area contributed by atoms with E-state index in [1.54, 1.807) is 13.8 Å². The summed E-state index contributed by atoms with van der Waals surface area (Å²) in [5, 5.41) is 24.0. The molecule has 33 heavy (non-hydrogen) atoms. The lowest BCUT2D eigenvalue weighted by molar-refractivity contribution is 0.0698. The van der Waals surface area contributed by atoms with Crippen molar-refractivity contribution in [3.8, 4) is 11.5 Å². The van der Waals surface area contributed by atoms with Crippen molar-refractivity contribution in [1.29, 1.82) is 0 Å². The Morgan fingerprint density at radius 2 is 1.85 bits per heavy atom. The van der Waals surface area contributed by atoms with Gasteiger partial charge in [0.1, 0.15) is 22.5 Å². The van der Waals surface area contributed by atoms with Gasteiger partial charge in [0.15, 0.2) is 0 Å². The molecule has 0 atom stereocenters. The van der Waals surface area contributed by atoms with E-state index < -0.39 is 11.5 Å². The minimum atomic E-state index is -1.22. The van der Waals surface area contributed by atoms with Gasteiger partial charge >= 0.3 is 5.97 Å². The molecule has 4 rings (SSSR count). The summed E-state index contributed by atoms with van der Waals surface area (Å²) in [7, 11) is 1.42. The first-order valence-corrected chi connectivity index (χ1v) is 10.4. The van der Waals surface area contributed by atoms with E-state index in [0.717, 1.165) is 6.54 Å². The van der Waals surface area contributed by atoms with Crippen LogP contribution in [0.2, 0.25) is 0 Å². The molecule has 0 amide bonds. The number of nitrogens with one attached hydrogen (secondary N) is 1. The molecule has 0 saturated carbocycles. The van der Waals surface area contributed by atoms with Crippen LogP contribution in [0.1, 0.15) is 27.0 Å². The van der Waals surface area contributed by atoms with E-state index in [1.807, 2.05) is 29.1 Å². The number of aromatic carboxylic acids is 1. The Hall–Kier alpha value is -3.98. The van der Waals surface area contributed by atoms with Crippen LogP contribution in [0, 0.1) is 13.8 Å². The first-order valence-electron chi connectivity index (χ1n) is 10.4. The van der Waals surface area contributed by atoms with Gasteiger partial charge in [-0.2, -0.15) is 0 Å². The molecule has 0 fully saturated rings. The van der Waals surface area contributed by atoms with Gasteiger partial charge in [-0.25, -0.2) is 14.8 Å². The van der Waals surface area contributed by atoms with Gasteiger partial charge in [0, 0.05) is 43.2 Å². The normalized spacial score (nSPS) is 11.2. The molecular formula is C24H24N4O5. The Morgan fingerprint density at radius 1 is 1.12 bits per heavy atom. The maximum absolute atomic E-state index is 13.2. The highest BCUT2D eigenvalue weighted by Crippen LogP contribution is 2.31. The van der Waals surface area contributed by atoms with Crippen molar-refractivity contribution >= 4 is 27.9 Å². The van der Waals surface area contributed by atoms with E-state index in [4.69, 9.17) is 4.74 Å². The minimum absolute atomic E-state index is 0.0261. The van der Waals surface area contributed by atoms with Crippen LogP contribution in [-0.4, -0.2) is 44.4 Å². The molecule has 2 aromatic carbocycles. The largest absolute Gasteiger partial charge is 0.508 e. The molecule has 2 heterocycles. The van der Waals surface area contributed by atoms with Crippen LogP contribution in [0.4, 0.5) is 0 Å². The molecule has 0 aliphatic rings. The minimum Gasteiger partial charge on any atom is -0.508 e. The van der Waals surface area contributed by atoms with Crippen LogP contribution in [-0.2, 0) is 13.1 Å². The average Bonchev–Trinajstić information content (AvgIpc) is 3.22. The lowest BCUT2D eigenvalue weighted by Crippen LogP contribution is -2.19. The highest BCUT2D eigenvalue weighted by Gasteiger charge is 2.20. The summed E-state index contributed by atoms with van der Waals surface area (Å²) in [5.41, 5.74) is 1.17. The number of aryl methyl sites for hydroxylation is 2. The topological polar surface area (TPSA) is 127 Å². The third kappa shape index (κ3) is 4.10. The Kier molecular flexibility index (Phi) is 5.97. The van der Waals surface area contributed by atoms with Gasteiger partial charge in [-0.1, -0.05) is 0 Å². The first kappa shape index (κ1) is 22.2. The number of methoxy groups -OCH3 is 1. The van der Waals surface area contributed by atoms with Crippen LogP contribution in [0.25, 0.3) is 21.9 Å². The summed E-state index contributed by atoms with van der Waals surface area (Å²) in [6.45, 7) is 4.95. The van der Waals surface area contributed by atoms with E-state index in [2.05, 4.69) is 15.3 Å². The number of carboxylic acids is 1. The molecule has 0 spiro atoms. The number of aromatic nitrogens is 3. The molecule has 9 heteroatoms. The van der Waals surface area contributed by atoms with Crippen LogP contribution < -0.4 is 15.6 Å². The highest BCUT2D eigenvalue weighted by atomic mass is 16.5. The van der Waals surface area contributed by atoms with Gasteiger partial charge in [0.2, 0.25) is 0 Å².